The van der Waals surface area contributed by atoms with Crippen LogP contribution in [0.2, 0.25) is 0 Å². The average molecular weight is 421 g/mol. The number of nitrogens with zero attached hydrogens (tertiary/aromatic N) is 4. The number of likely N-dealkylation sites (N-methyl/N-ethyl adjacent to an activating group) is 1. The molecule has 2 aromatic rings. The third kappa shape index (κ3) is 6.56. The van der Waals surface area contributed by atoms with Crippen molar-refractivity contribution in [1.29, 1.82) is 5.26 Å². The smallest absolute Gasteiger partial charge is 0.260 e. The van der Waals surface area contributed by atoms with Gasteiger partial charge in [0.05, 0.1) is 18.2 Å². The fourth-order valence-corrected chi connectivity index (χ4v) is 3.50. The Morgan fingerprint density at radius 1 is 1.10 bits per heavy atom. The Bertz CT molecular complexity index is 944. The van der Waals surface area contributed by atoms with Crippen molar-refractivity contribution < 1.29 is 14.3 Å². The fourth-order valence-electron chi connectivity index (χ4n) is 3.50. The lowest BCUT2D eigenvalue weighted by Crippen LogP contribution is -2.51. The third-order valence-electron chi connectivity index (χ3n) is 5.36. The predicted octanol–water partition coefficient (Wildman–Crippen LogP) is 2.05. The number of nitriles is 1. The van der Waals surface area contributed by atoms with Crippen molar-refractivity contribution in [3.05, 3.63) is 65.2 Å². The quantitative estimate of drug-likeness (QED) is 0.685. The number of piperazine rings is 1. The summed E-state index contributed by atoms with van der Waals surface area (Å²) in [5, 5.41) is 8.81. The number of benzene rings is 2. The number of rotatable bonds is 7. The van der Waals surface area contributed by atoms with Gasteiger partial charge in [0.2, 0.25) is 5.91 Å². The second-order valence-corrected chi connectivity index (χ2v) is 7.82. The molecule has 0 spiro atoms. The lowest BCUT2D eigenvalue weighted by atomic mass is 10.1. The standard InChI is InChI=1S/C24H28N4O3/c1-19-4-3-5-21(14-19)16-27-10-12-28(13-11-27)23(29)17-26(2)24(30)18-31-22-8-6-20(15-25)7-9-22/h3-9,14H,10-13,16-18H2,1-2H3. The molecule has 0 saturated carbocycles. The Hall–Kier alpha value is -3.37. The molecule has 7 heteroatoms. The van der Waals surface area contributed by atoms with E-state index in [4.69, 9.17) is 10.00 Å². The molecule has 7 nitrogen and oxygen atoms in total. The second-order valence-electron chi connectivity index (χ2n) is 7.82. The number of hydrogen-bond donors (Lipinski definition) is 0. The minimum Gasteiger partial charge on any atom is -0.484 e. The van der Waals surface area contributed by atoms with Crippen LogP contribution in [-0.4, -0.2) is 72.9 Å². The molecule has 1 saturated heterocycles. The van der Waals surface area contributed by atoms with Gasteiger partial charge in [0, 0.05) is 39.8 Å². The first kappa shape index (κ1) is 22.3. The number of carbonyl (C=O) groups is 2. The molecule has 2 aromatic carbocycles. The van der Waals surface area contributed by atoms with Crippen molar-refractivity contribution in [3.8, 4) is 11.8 Å². The van der Waals surface area contributed by atoms with Gasteiger partial charge in [-0.1, -0.05) is 29.8 Å². The van der Waals surface area contributed by atoms with Gasteiger partial charge < -0.3 is 14.5 Å². The molecule has 1 fully saturated rings. The first-order valence-electron chi connectivity index (χ1n) is 10.4. The van der Waals surface area contributed by atoms with Gasteiger partial charge in [0.25, 0.3) is 5.91 Å². The lowest BCUT2D eigenvalue weighted by molar-refractivity contribution is -0.141. The molecule has 162 valence electrons. The van der Waals surface area contributed by atoms with E-state index >= 15 is 0 Å². The molecule has 0 radical (unpaired) electrons. The molecular formula is C24H28N4O3. The molecule has 0 atom stereocenters. The average Bonchev–Trinajstić information content (AvgIpc) is 2.78. The summed E-state index contributed by atoms with van der Waals surface area (Å²) in [4.78, 5) is 30.5. The number of hydrogen-bond acceptors (Lipinski definition) is 5. The Morgan fingerprint density at radius 3 is 2.45 bits per heavy atom. The molecule has 3 rings (SSSR count). The van der Waals surface area contributed by atoms with Gasteiger partial charge in [0.1, 0.15) is 5.75 Å². The van der Waals surface area contributed by atoms with Crippen molar-refractivity contribution in [2.45, 2.75) is 13.5 Å². The van der Waals surface area contributed by atoms with Gasteiger partial charge in [-0.05, 0) is 36.8 Å². The number of ether oxygens (including phenoxy) is 1. The highest BCUT2D eigenvalue weighted by molar-refractivity contribution is 5.85. The van der Waals surface area contributed by atoms with Crippen LogP contribution in [-0.2, 0) is 16.1 Å². The maximum atomic E-state index is 12.6. The zero-order valence-corrected chi connectivity index (χ0v) is 18.1. The summed E-state index contributed by atoms with van der Waals surface area (Å²) in [7, 11) is 1.61. The monoisotopic (exact) mass is 420 g/mol. The molecule has 0 aliphatic carbocycles. The first-order valence-corrected chi connectivity index (χ1v) is 10.4. The SMILES string of the molecule is Cc1cccc(CN2CCN(C(=O)CN(C)C(=O)COc3ccc(C#N)cc3)CC2)c1. The van der Waals surface area contributed by atoms with Crippen LogP contribution in [0.4, 0.5) is 0 Å². The van der Waals surface area contributed by atoms with E-state index in [1.165, 1.54) is 16.0 Å². The summed E-state index contributed by atoms with van der Waals surface area (Å²) in [5.41, 5.74) is 3.06. The van der Waals surface area contributed by atoms with Gasteiger partial charge in [-0.3, -0.25) is 14.5 Å². The van der Waals surface area contributed by atoms with E-state index in [-0.39, 0.29) is 25.0 Å². The minimum atomic E-state index is -0.268. The maximum absolute atomic E-state index is 12.6. The minimum absolute atomic E-state index is 0.0352. The molecule has 0 bridgehead atoms. The van der Waals surface area contributed by atoms with E-state index in [2.05, 4.69) is 36.1 Å². The number of carbonyl (C=O) groups excluding carboxylic acids is 2. The maximum Gasteiger partial charge on any atom is 0.260 e. The van der Waals surface area contributed by atoms with E-state index < -0.39 is 0 Å². The van der Waals surface area contributed by atoms with Gasteiger partial charge in [-0.2, -0.15) is 5.26 Å². The highest BCUT2D eigenvalue weighted by Gasteiger charge is 2.23. The summed E-state index contributed by atoms with van der Waals surface area (Å²) in [5.74, 6) is 0.192. The highest BCUT2D eigenvalue weighted by atomic mass is 16.5. The Labute approximate surface area is 183 Å². The van der Waals surface area contributed by atoms with Crippen LogP contribution in [0.5, 0.6) is 5.75 Å². The molecule has 0 aromatic heterocycles. The zero-order valence-electron chi connectivity index (χ0n) is 18.1. The highest BCUT2D eigenvalue weighted by Crippen LogP contribution is 2.12. The van der Waals surface area contributed by atoms with E-state index in [0.717, 1.165) is 19.6 Å². The van der Waals surface area contributed by atoms with Crippen LogP contribution in [0, 0.1) is 18.3 Å². The summed E-state index contributed by atoms with van der Waals surface area (Å²) in [6, 6.07) is 17.1. The van der Waals surface area contributed by atoms with Crippen LogP contribution in [0.25, 0.3) is 0 Å². The summed E-state index contributed by atoms with van der Waals surface area (Å²) < 4.78 is 5.46. The Kier molecular flexibility index (Phi) is 7.63. The molecule has 1 aliphatic heterocycles. The normalized spacial score (nSPS) is 14.0. The fraction of sp³-hybridized carbons (Fsp3) is 0.375. The van der Waals surface area contributed by atoms with Gasteiger partial charge in [0.15, 0.2) is 6.61 Å². The summed E-state index contributed by atoms with van der Waals surface area (Å²) in [6.45, 7) is 5.82. The van der Waals surface area contributed by atoms with E-state index in [1.807, 2.05) is 11.0 Å². The van der Waals surface area contributed by atoms with Crippen molar-refractivity contribution in [2.24, 2.45) is 0 Å². The largest absolute Gasteiger partial charge is 0.484 e. The molecule has 1 heterocycles. The van der Waals surface area contributed by atoms with Crippen LogP contribution in [0.1, 0.15) is 16.7 Å². The predicted molar refractivity (Wildman–Crippen MR) is 117 cm³/mol. The summed E-state index contributed by atoms with van der Waals surface area (Å²) in [6.07, 6.45) is 0. The Morgan fingerprint density at radius 2 is 1.81 bits per heavy atom. The molecule has 1 aliphatic rings. The van der Waals surface area contributed by atoms with Gasteiger partial charge in [-0.15, -0.1) is 0 Å². The van der Waals surface area contributed by atoms with Gasteiger partial charge >= 0.3 is 0 Å². The molecular weight excluding hydrogens is 392 g/mol. The van der Waals surface area contributed by atoms with Crippen molar-refractivity contribution >= 4 is 11.8 Å². The molecule has 31 heavy (non-hydrogen) atoms. The molecule has 2 amide bonds. The van der Waals surface area contributed by atoms with Crippen molar-refractivity contribution in [2.75, 3.05) is 46.4 Å². The van der Waals surface area contributed by atoms with Crippen molar-refractivity contribution in [1.82, 2.24) is 14.7 Å². The van der Waals surface area contributed by atoms with Crippen LogP contribution >= 0.6 is 0 Å². The van der Waals surface area contributed by atoms with Crippen LogP contribution in [0.3, 0.4) is 0 Å². The topological polar surface area (TPSA) is 76.9 Å². The second kappa shape index (κ2) is 10.6. The van der Waals surface area contributed by atoms with E-state index in [1.54, 1.807) is 31.3 Å². The molecule has 0 unspecified atom stereocenters. The number of aryl methyl sites for hydroxylation is 1. The van der Waals surface area contributed by atoms with E-state index in [9.17, 15) is 9.59 Å². The third-order valence-corrected chi connectivity index (χ3v) is 5.36. The Balaban J connectivity index is 1.40. The van der Waals surface area contributed by atoms with Crippen LogP contribution < -0.4 is 4.74 Å². The number of amides is 2. The van der Waals surface area contributed by atoms with Crippen molar-refractivity contribution in [3.63, 3.8) is 0 Å². The summed E-state index contributed by atoms with van der Waals surface area (Å²) >= 11 is 0. The lowest BCUT2D eigenvalue weighted by Gasteiger charge is -2.35. The van der Waals surface area contributed by atoms with Crippen LogP contribution in [0.15, 0.2) is 48.5 Å². The van der Waals surface area contributed by atoms with Gasteiger partial charge in [-0.25, -0.2) is 0 Å². The van der Waals surface area contributed by atoms with E-state index in [0.29, 0.717) is 24.4 Å². The molecule has 0 N–H and O–H groups in total. The first-order chi connectivity index (χ1) is 14.9. The zero-order chi connectivity index (χ0) is 22.2.